The van der Waals surface area contributed by atoms with Crippen molar-refractivity contribution < 1.29 is 9.50 Å². The zero-order valence-electron chi connectivity index (χ0n) is 8.22. The molecule has 4 nitrogen and oxygen atoms in total. The maximum absolute atomic E-state index is 13.2. The number of nitrogen functional groups attached to an aromatic ring is 1. The van der Waals surface area contributed by atoms with Crippen molar-refractivity contribution in [3.63, 3.8) is 0 Å². The van der Waals surface area contributed by atoms with Crippen LogP contribution in [0.3, 0.4) is 0 Å². The van der Waals surface area contributed by atoms with Crippen LogP contribution in [-0.2, 0) is 0 Å². The van der Waals surface area contributed by atoms with E-state index >= 15 is 0 Å². The molecule has 0 aliphatic rings. The van der Waals surface area contributed by atoms with Gasteiger partial charge in [0, 0.05) is 18.3 Å². The number of nitrogens with zero attached hydrogens (tertiary/aromatic N) is 1. The molecule has 2 aromatic rings. The second kappa shape index (κ2) is 3.69. The number of nitrogens with two attached hydrogens (primary N) is 1. The normalized spacial score (nSPS) is 10.3. The molecule has 0 aliphatic carbocycles. The van der Waals surface area contributed by atoms with Crippen molar-refractivity contribution >= 4 is 5.69 Å². The van der Waals surface area contributed by atoms with E-state index in [1.807, 2.05) is 0 Å². The molecule has 0 amide bonds. The summed E-state index contributed by atoms with van der Waals surface area (Å²) in [6, 6.07) is 6.46. The lowest BCUT2D eigenvalue weighted by Crippen LogP contribution is -2.16. The van der Waals surface area contributed by atoms with Gasteiger partial charge in [0.2, 0.25) is 0 Å². The molecule has 0 aliphatic heterocycles. The van der Waals surface area contributed by atoms with Crippen molar-refractivity contribution in [2.75, 3.05) is 5.73 Å². The predicted molar refractivity (Wildman–Crippen MR) is 58.1 cm³/mol. The third kappa shape index (κ3) is 1.75. The van der Waals surface area contributed by atoms with Gasteiger partial charge in [-0.2, -0.15) is 0 Å². The van der Waals surface area contributed by atoms with E-state index in [1.165, 1.54) is 29.0 Å². The molecule has 5 heteroatoms. The van der Waals surface area contributed by atoms with E-state index in [2.05, 4.69) is 0 Å². The molecule has 0 atom stereocenters. The predicted octanol–water partition coefficient (Wildman–Crippen LogP) is 1.26. The van der Waals surface area contributed by atoms with E-state index in [4.69, 9.17) is 10.8 Å². The minimum absolute atomic E-state index is 0.0237. The highest BCUT2D eigenvalue weighted by molar-refractivity contribution is 5.46. The lowest BCUT2D eigenvalue weighted by atomic mass is 10.2. The van der Waals surface area contributed by atoms with Gasteiger partial charge in [0.1, 0.15) is 11.6 Å². The van der Waals surface area contributed by atoms with E-state index in [9.17, 15) is 9.18 Å². The lowest BCUT2D eigenvalue weighted by Gasteiger charge is -2.06. The number of pyridine rings is 1. The molecule has 82 valence electrons. The Morgan fingerprint density at radius 1 is 1.25 bits per heavy atom. The molecular formula is C11H9FN2O2. The fourth-order valence-corrected chi connectivity index (χ4v) is 1.35. The molecule has 0 unspecified atom stereocenters. The molecule has 0 radical (unpaired) electrons. The monoisotopic (exact) mass is 220 g/mol. The first-order chi connectivity index (χ1) is 7.58. The second-order valence-electron chi connectivity index (χ2n) is 3.30. The fourth-order valence-electron chi connectivity index (χ4n) is 1.35. The van der Waals surface area contributed by atoms with Crippen molar-refractivity contribution in [3.8, 4) is 11.4 Å². The summed E-state index contributed by atoms with van der Waals surface area (Å²) in [5, 5.41) is 9.08. The van der Waals surface area contributed by atoms with Crippen molar-refractivity contribution in [1.82, 2.24) is 4.57 Å². The summed E-state index contributed by atoms with van der Waals surface area (Å²) < 4.78 is 14.4. The van der Waals surface area contributed by atoms with Crippen LogP contribution >= 0.6 is 0 Å². The number of hydrogen-bond acceptors (Lipinski definition) is 3. The van der Waals surface area contributed by atoms with Crippen LogP contribution in [0.5, 0.6) is 5.75 Å². The average Bonchev–Trinajstić information content (AvgIpc) is 2.22. The van der Waals surface area contributed by atoms with E-state index in [-0.39, 0.29) is 11.4 Å². The molecule has 0 saturated heterocycles. The Hall–Kier alpha value is -2.30. The summed E-state index contributed by atoms with van der Waals surface area (Å²) in [4.78, 5) is 11.5. The van der Waals surface area contributed by atoms with Gasteiger partial charge in [-0.3, -0.25) is 9.36 Å². The van der Waals surface area contributed by atoms with Crippen molar-refractivity contribution in [3.05, 3.63) is 52.7 Å². The molecule has 1 heterocycles. The third-order valence-electron chi connectivity index (χ3n) is 2.17. The van der Waals surface area contributed by atoms with Gasteiger partial charge in [-0.25, -0.2) is 4.39 Å². The summed E-state index contributed by atoms with van der Waals surface area (Å²) in [6.45, 7) is 0. The zero-order valence-corrected chi connectivity index (χ0v) is 8.22. The first kappa shape index (κ1) is 10.2. The van der Waals surface area contributed by atoms with Gasteiger partial charge in [0.15, 0.2) is 0 Å². The Bertz CT molecular complexity index is 593. The summed E-state index contributed by atoms with van der Waals surface area (Å²) in [7, 11) is 0. The summed E-state index contributed by atoms with van der Waals surface area (Å²) in [5.74, 6) is -0.713. The highest BCUT2D eigenvalue weighted by Gasteiger charge is 2.03. The Morgan fingerprint density at radius 3 is 2.62 bits per heavy atom. The number of rotatable bonds is 1. The quantitative estimate of drug-likeness (QED) is 0.711. The first-order valence-electron chi connectivity index (χ1n) is 4.55. The number of benzene rings is 1. The Kier molecular flexibility index (Phi) is 2.36. The molecule has 1 aromatic heterocycles. The van der Waals surface area contributed by atoms with Crippen molar-refractivity contribution in [1.29, 1.82) is 0 Å². The molecular weight excluding hydrogens is 211 g/mol. The largest absolute Gasteiger partial charge is 0.508 e. The van der Waals surface area contributed by atoms with Gasteiger partial charge < -0.3 is 10.8 Å². The van der Waals surface area contributed by atoms with Gasteiger partial charge in [-0.05, 0) is 18.2 Å². The minimum atomic E-state index is -0.586. The van der Waals surface area contributed by atoms with Crippen LogP contribution in [-0.4, -0.2) is 9.67 Å². The summed E-state index contributed by atoms with van der Waals surface area (Å²) in [6.07, 6.45) is 1.36. The average molecular weight is 220 g/mol. The van der Waals surface area contributed by atoms with Gasteiger partial charge in [0.05, 0.1) is 11.4 Å². The number of aromatic hydroxyl groups is 1. The maximum Gasteiger partial charge on any atom is 0.258 e. The molecule has 0 saturated carbocycles. The van der Waals surface area contributed by atoms with E-state index in [1.54, 1.807) is 0 Å². The highest BCUT2D eigenvalue weighted by atomic mass is 19.1. The topological polar surface area (TPSA) is 68.2 Å². The van der Waals surface area contributed by atoms with Gasteiger partial charge in [-0.1, -0.05) is 0 Å². The molecule has 1 aromatic carbocycles. The van der Waals surface area contributed by atoms with Crippen LogP contribution in [0.25, 0.3) is 5.69 Å². The van der Waals surface area contributed by atoms with Crippen LogP contribution in [0.15, 0.2) is 41.3 Å². The molecule has 16 heavy (non-hydrogen) atoms. The molecule has 2 rings (SSSR count). The van der Waals surface area contributed by atoms with E-state index < -0.39 is 11.4 Å². The smallest absolute Gasteiger partial charge is 0.258 e. The highest BCUT2D eigenvalue weighted by Crippen LogP contribution is 2.14. The summed E-state index contributed by atoms with van der Waals surface area (Å²) in [5.41, 5.74) is 5.27. The first-order valence-corrected chi connectivity index (χ1v) is 4.55. The van der Waals surface area contributed by atoms with Crippen LogP contribution in [0.4, 0.5) is 10.1 Å². The van der Waals surface area contributed by atoms with Crippen molar-refractivity contribution in [2.45, 2.75) is 0 Å². The Balaban J connectivity index is 2.59. The number of anilines is 1. The maximum atomic E-state index is 13.2. The Labute approximate surface area is 90.4 Å². The van der Waals surface area contributed by atoms with Gasteiger partial charge in [0.25, 0.3) is 5.56 Å². The third-order valence-corrected chi connectivity index (χ3v) is 2.17. The minimum Gasteiger partial charge on any atom is -0.508 e. The molecule has 3 N–H and O–H groups in total. The van der Waals surface area contributed by atoms with Gasteiger partial charge in [-0.15, -0.1) is 0 Å². The van der Waals surface area contributed by atoms with Crippen LogP contribution < -0.4 is 11.3 Å². The van der Waals surface area contributed by atoms with E-state index in [0.29, 0.717) is 5.69 Å². The lowest BCUT2D eigenvalue weighted by molar-refractivity contribution is 0.473. The van der Waals surface area contributed by atoms with Crippen LogP contribution in [0.2, 0.25) is 0 Å². The van der Waals surface area contributed by atoms with E-state index in [0.717, 1.165) is 12.1 Å². The standard InChI is InChI=1S/C11H9FN2O2/c12-9-5-7(1-2-10(9)13)14-4-3-8(15)6-11(14)16/h1-6,15H,13H2. The van der Waals surface area contributed by atoms with Gasteiger partial charge >= 0.3 is 0 Å². The number of hydrogen-bond donors (Lipinski definition) is 2. The SMILES string of the molecule is Nc1ccc(-n2ccc(O)cc2=O)cc1F. The zero-order chi connectivity index (χ0) is 11.7. The molecule has 0 bridgehead atoms. The molecule has 0 spiro atoms. The Morgan fingerprint density at radius 2 is 2.00 bits per heavy atom. The fraction of sp³-hybridized carbons (Fsp3) is 0. The molecule has 0 fully saturated rings. The summed E-state index contributed by atoms with van der Waals surface area (Å²) >= 11 is 0. The van der Waals surface area contributed by atoms with Crippen LogP contribution in [0.1, 0.15) is 0 Å². The number of halogens is 1. The second-order valence-corrected chi connectivity index (χ2v) is 3.30. The number of aromatic nitrogens is 1. The van der Waals surface area contributed by atoms with Crippen molar-refractivity contribution in [2.24, 2.45) is 0 Å². The van der Waals surface area contributed by atoms with Crippen LogP contribution in [0, 0.1) is 5.82 Å².